The molecule has 0 radical (unpaired) electrons. The Morgan fingerprint density at radius 3 is 2.79 bits per heavy atom. The minimum Gasteiger partial charge on any atom is -0.356 e. The fraction of sp³-hybridized carbons (Fsp3) is 0.538. The molecule has 1 saturated heterocycles. The Labute approximate surface area is 111 Å². The van der Waals surface area contributed by atoms with E-state index in [4.69, 9.17) is 5.26 Å². The van der Waals surface area contributed by atoms with E-state index in [9.17, 15) is 4.79 Å². The summed E-state index contributed by atoms with van der Waals surface area (Å²) < 4.78 is 0. The first-order valence-corrected chi connectivity index (χ1v) is 6.33. The van der Waals surface area contributed by atoms with Gasteiger partial charge in [0.2, 0.25) is 11.7 Å². The van der Waals surface area contributed by atoms with Crippen molar-refractivity contribution in [3.8, 4) is 6.07 Å². The maximum Gasteiger partial charge on any atom is 0.234 e. The van der Waals surface area contributed by atoms with Gasteiger partial charge in [-0.05, 0) is 6.07 Å². The van der Waals surface area contributed by atoms with Crippen LogP contribution in [0.3, 0.4) is 0 Å². The Kier molecular flexibility index (Phi) is 2.63. The van der Waals surface area contributed by atoms with Gasteiger partial charge in [0.05, 0.1) is 0 Å². The van der Waals surface area contributed by atoms with E-state index in [1.165, 1.54) is 0 Å². The molecule has 0 aromatic carbocycles. The second kappa shape index (κ2) is 4.19. The van der Waals surface area contributed by atoms with E-state index >= 15 is 0 Å². The summed E-state index contributed by atoms with van der Waals surface area (Å²) in [5, 5.41) is 8.80. The van der Waals surface area contributed by atoms with Crippen LogP contribution in [0.1, 0.15) is 12.7 Å². The Bertz CT molecular complexity index is 554. The molecule has 2 heterocycles. The highest BCUT2D eigenvalue weighted by atomic mass is 16.2. The molecule has 6 heteroatoms. The van der Waals surface area contributed by atoms with Gasteiger partial charge in [0.25, 0.3) is 0 Å². The summed E-state index contributed by atoms with van der Waals surface area (Å²) >= 11 is 0. The van der Waals surface area contributed by atoms with Crippen LogP contribution in [0.4, 0.5) is 5.82 Å². The molecule has 0 bridgehead atoms. The molecule has 0 unspecified atom stereocenters. The zero-order valence-corrected chi connectivity index (χ0v) is 10.9. The van der Waals surface area contributed by atoms with Crippen LogP contribution < -0.4 is 4.90 Å². The predicted molar refractivity (Wildman–Crippen MR) is 68.2 cm³/mol. The van der Waals surface area contributed by atoms with Gasteiger partial charge in [0, 0.05) is 51.1 Å². The molecule has 3 atom stereocenters. The molecule has 1 saturated carbocycles. The molecule has 1 aliphatic heterocycles. The van der Waals surface area contributed by atoms with Gasteiger partial charge < -0.3 is 9.80 Å². The molecule has 6 nitrogen and oxygen atoms in total. The summed E-state index contributed by atoms with van der Waals surface area (Å²) in [6, 6.07) is 4.16. The number of carbonyl (C=O) groups is 1. The van der Waals surface area contributed by atoms with E-state index in [-0.39, 0.29) is 11.7 Å². The third-order valence-electron chi connectivity index (χ3n) is 4.16. The first-order chi connectivity index (χ1) is 9.11. The third-order valence-corrected chi connectivity index (χ3v) is 4.16. The van der Waals surface area contributed by atoms with Crippen molar-refractivity contribution in [3.05, 3.63) is 18.1 Å². The molecule has 2 aliphatic rings. The third kappa shape index (κ3) is 1.91. The lowest BCUT2D eigenvalue weighted by Gasteiger charge is -2.24. The number of nitrogens with zero attached hydrogens (tertiary/aromatic N) is 5. The van der Waals surface area contributed by atoms with Gasteiger partial charge in [0.15, 0.2) is 0 Å². The average molecular weight is 257 g/mol. The topological polar surface area (TPSA) is 73.1 Å². The number of aromatic nitrogens is 2. The predicted octanol–water partition coefficient (Wildman–Crippen LogP) is 0.261. The molecule has 0 spiro atoms. The first kappa shape index (κ1) is 11.9. The Hall–Kier alpha value is -2.16. The molecule has 2 fully saturated rings. The molecule has 0 N–H and O–H groups in total. The summed E-state index contributed by atoms with van der Waals surface area (Å²) in [7, 11) is 1.87. The molecular weight excluding hydrogens is 242 g/mol. The van der Waals surface area contributed by atoms with Crippen molar-refractivity contribution in [2.45, 2.75) is 13.0 Å². The maximum atomic E-state index is 11.3. The Morgan fingerprint density at radius 1 is 1.53 bits per heavy atom. The fourth-order valence-corrected chi connectivity index (χ4v) is 3.05. The molecular formula is C13H15N5O. The number of hydrogen-bond donors (Lipinski definition) is 0. The lowest BCUT2D eigenvalue weighted by Crippen LogP contribution is -2.35. The lowest BCUT2D eigenvalue weighted by molar-refractivity contribution is -0.128. The van der Waals surface area contributed by atoms with E-state index in [1.54, 1.807) is 13.1 Å². The van der Waals surface area contributed by atoms with Crippen LogP contribution in [0.2, 0.25) is 0 Å². The molecule has 19 heavy (non-hydrogen) atoms. The van der Waals surface area contributed by atoms with Gasteiger partial charge in [-0.2, -0.15) is 5.26 Å². The van der Waals surface area contributed by atoms with Crippen molar-refractivity contribution in [3.63, 3.8) is 0 Å². The Balaban J connectivity index is 1.67. The molecule has 1 aromatic rings. The zero-order valence-electron chi connectivity index (χ0n) is 10.9. The molecule has 98 valence electrons. The normalized spacial score (nSPS) is 27.6. The quantitative estimate of drug-likeness (QED) is 0.760. The highest BCUT2D eigenvalue weighted by Crippen LogP contribution is 2.49. The number of anilines is 1. The van der Waals surface area contributed by atoms with Gasteiger partial charge in [-0.15, -0.1) is 0 Å². The van der Waals surface area contributed by atoms with E-state index < -0.39 is 0 Å². The van der Waals surface area contributed by atoms with Gasteiger partial charge in [-0.1, -0.05) is 0 Å². The summed E-state index contributed by atoms with van der Waals surface area (Å²) in [6.45, 7) is 3.40. The van der Waals surface area contributed by atoms with Crippen LogP contribution in [0.5, 0.6) is 0 Å². The van der Waals surface area contributed by atoms with Crippen molar-refractivity contribution in [2.75, 3.05) is 25.0 Å². The minimum atomic E-state index is 0.125. The number of nitriles is 1. The lowest BCUT2D eigenvalue weighted by atomic mass is 10.3. The number of piperidine rings is 1. The highest BCUT2D eigenvalue weighted by Gasteiger charge is 2.58. The first-order valence-electron chi connectivity index (χ1n) is 6.33. The number of amides is 1. The van der Waals surface area contributed by atoms with Crippen LogP contribution in [0.25, 0.3) is 0 Å². The van der Waals surface area contributed by atoms with E-state index in [1.807, 2.05) is 24.1 Å². The molecule has 1 aliphatic carbocycles. The summed E-state index contributed by atoms with van der Waals surface area (Å²) in [5.74, 6) is 2.21. The molecule has 1 aromatic heterocycles. The number of hydrogen-bond acceptors (Lipinski definition) is 5. The summed E-state index contributed by atoms with van der Waals surface area (Å²) in [6.07, 6.45) is 1.62. The smallest absolute Gasteiger partial charge is 0.234 e. The monoisotopic (exact) mass is 257 g/mol. The van der Waals surface area contributed by atoms with Crippen LogP contribution in [-0.4, -0.2) is 47.0 Å². The molecule has 1 amide bonds. The number of carbonyl (C=O) groups excluding carboxylic acids is 1. The van der Waals surface area contributed by atoms with Crippen molar-refractivity contribution in [2.24, 2.45) is 11.8 Å². The van der Waals surface area contributed by atoms with Crippen LogP contribution in [0, 0.1) is 23.2 Å². The van der Waals surface area contributed by atoms with Gasteiger partial charge in [-0.3, -0.25) is 4.79 Å². The van der Waals surface area contributed by atoms with Crippen molar-refractivity contribution in [1.82, 2.24) is 14.9 Å². The number of rotatable bonds is 2. The summed E-state index contributed by atoms with van der Waals surface area (Å²) in [4.78, 5) is 23.4. The largest absolute Gasteiger partial charge is 0.356 e. The second-order valence-electron chi connectivity index (χ2n) is 5.20. The van der Waals surface area contributed by atoms with E-state index in [0.29, 0.717) is 17.9 Å². The number of fused-ring (bicyclic) bond motifs is 1. The average Bonchev–Trinajstić information content (AvgIpc) is 2.91. The van der Waals surface area contributed by atoms with Gasteiger partial charge in [0.1, 0.15) is 11.9 Å². The van der Waals surface area contributed by atoms with Gasteiger partial charge in [-0.25, -0.2) is 9.97 Å². The van der Waals surface area contributed by atoms with Crippen LogP contribution >= 0.6 is 0 Å². The standard InChI is InChI=1S/C13H15N5O/c1-8(19)17(2)13-9-6-18(7-10(9)13)12-3-4-15-11(5-14)16-12/h3-4,9-10,13H,6-7H2,1-2H3/t9-,10+,13+. The SMILES string of the molecule is CC(=O)N(C)[C@H]1[C@@H]2CN(c3ccnc(C#N)n3)C[C@@H]21. The van der Waals surface area contributed by atoms with E-state index in [2.05, 4.69) is 14.9 Å². The van der Waals surface area contributed by atoms with Gasteiger partial charge >= 0.3 is 0 Å². The van der Waals surface area contributed by atoms with Crippen LogP contribution in [0.15, 0.2) is 12.3 Å². The minimum absolute atomic E-state index is 0.125. The van der Waals surface area contributed by atoms with Crippen molar-refractivity contribution >= 4 is 11.7 Å². The van der Waals surface area contributed by atoms with Crippen LogP contribution in [-0.2, 0) is 4.79 Å². The molecule has 3 rings (SSSR count). The zero-order chi connectivity index (χ0) is 13.6. The van der Waals surface area contributed by atoms with Crippen molar-refractivity contribution < 1.29 is 4.79 Å². The Morgan fingerprint density at radius 2 is 2.21 bits per heavy atom. The summed E-state index contributed by atoms with van der Waals surface area (Å²) in [5.41, 5.74) is 0. The van der Waals surface area contributed by atoms with E-state index in [0.717, 1.165) is 18.9 Å². The fourth-order valence-electron chi connectivity index (χ4n) is 3.05. The second-order valence-corrected chi connectivity index (χ2v) is 5.20. The maximum absolute atomic E-state index is 11.3. The highest BCUT2D eigenvalue weighted by molar-refractivity contribution is 5.74. The van der Waals surface area contributed by atoms with Crippen molar-refractivity contribution in [1.29, 1.82) is 5.26 Å².